The van der Waals surface area contributed by atoms with E-state index in [1.807, 2.05) is 5.38 Å². The van der Waals surface area contributed by atoms with Crippen LogP contribution in [0.25, 0.3) is 11.3 Å². The Morgan fingerprint density at radius 2 is 2.21 bits per heavy atom. The molecular formula is C8H5BrFN3S. The van der Waals surface area contributed by atoms with Crippen molar-refractivity contribution in [3.05, 3.63) is 27.2 Å². The largest absolute Gasteiger partial charge is 0.368 e. The van der Waals surface area contributed by atoms with Crippen molar-refractivity contribution in [2.24, 2.45) is 0 Å². The molecular weight excluding hydrogens is 269 g/mol. The second-order valence-corrected chi connectivity index (χ2v) is 4.16. The quantitative estimate of drug-likeness (QED) is 0.869. The number of hydrogen-bond acceptors (Lipinski definition) is 4. The average Bonchev–Trinajstić information content (AvgIpc) is 2.56. The molecule has 2 rings (SSSR count). The van der Waals surface area contributed by atoms with E-state index in [4.69, 9.17) is 5.73 Å². The van der Waals surface area contributed by atoms with Crippen LogP contribution in [0, 0.1) is 5.82 Å². The molecule has 0 bridgehead atoms. The van der Waals surface area contributed by atoms with Crippen LogP contribution in [0.1, 0.15) is 0 Å². The third kappa shape index (κ3) is 1.62. The van der Waals surface area contributed by atoms with Crippen LogP contribution in [0.2, 0.25) is 0 Å². The van der Waals surface area contributed by atoms with Crippen molar-refractivity contribution in [3.8, 4) is 11.3 Å². The Kier molecular flexibility index (Phi) is 2.47. The average molecular weight is 274 g/mol. The van der Waals surface area contributed by atoms with E-state index in [-0.39, 0.29) is 11.6 Å². The third-order valence-corrected chi connectivity index (χ3v) is 3.34. The Hall–Kier alpha value is -1.01. The zero-order valence-corrected chi connectivity index (χ0v) is 9.27. The van der Waals surface area contributed by atoms with Crippen molar-refractivity contribution in [1.29, 1.82) is 0 Å². The van der Waals surface area contributed by atoms with Crippen molar-refractivity contribution in [1.82, 2.24) is 9.97 Å². The summed E-state index contributed by atoms with van der Waals surface area (Å²) in [5, 5.41) is 3.65. The van der Waals surface area contributed by atoms with Crippen molar-refractivity contribution < 1.29 is 4.39 Å². The molecule has 6 heteroatoms. The lowest BCUT2D eigenvalue weighted by molar-refractivity contribution is 0.619. The summed E-state index contributed by atoms with van der Waals surface area (Å²) in [6.45, 7) is 0. The van der Waals surface area contributed by atoms with Gasteiger partial charge in [-0.3, -0.25) is 0 Å². The van der Waals surface area contributed by atoms with Crippen LogP contribution < -0.4 is 5.73 Å². The van der Waals surface area contributed by atoms with Crippen molar-refractivity contribution in [2.45, 2.75) is 0 Å². The lowest BCUT2D eigenvalue weighted by Crippen LogP contribution is -1.98. The monoisotopic (exact) mass is 273 g/mol. The molecule has 0 saturated heterocycles. The predicted molar refractivity (Wildman–Crippen MR) is 57.4 cm³/mol. The number of halogens is 2. The van der Waals surface area contributed by atoms with Gasteiger partial charge in [-0.15, -0.1) is 0 Å². The highest BCUT2D eigenvalue weighted by Crippen LogP contribution is 2.31. The molecule has 0 aromatic carbocycles. The van der Waals surface area contributed by atoms with Crippen molar-refractivity contribution >= 4 is 33.2 Å². The molecule has 0 fully saturated rings. The first-order chi connectivity index (χ1) is 6.68. The van der Waals surface area contributed by atoms with Crippen molar-refractivity contribution in [3.63, 3.8) is 0 Å². The number of thiophene rings is 1. The number of aromatic nitrogens is 2. The van der Waals surface area contributed by atoms with Crippen LogP contribution in [0.3, 0.4) is 0 Å². The SMILES string of the molecule is Nc1ncc(F)c(-c2cscc2Br)n1. The van der Waals surface area contributed by atoms with Gasteiger partial charge in [0.2, 0.25) is 5.95 Å². The molecule has 0 amide bonds. The summed E-state index contributed by atoms with van der Waals surface area (Å²) in [5.74, 6) is -0.405. The van der Waals surface area contributed by atoms with E-state index >= 15 is 0 Å². The Morgan fingerprint density at radius 3 is 2.86 bits per heavy atom. The third-order valence-electron chi connectivity index (χ3n) is 1.63. The van der Waals surface area contributed by atoms with Gasteiger partial charge in [-0.25, -0.2) is 14.4 Å². The minimum Gasteiger partial charge on any atom is -0.368 e. The highest BCUT2D eigenvalue weighted by Gasteiger charge is 2.11. The summed E-state index contributed by atoms with van der Waals surface area (Å²) in [6, 6.07) is 0. The van der Waals surface area contributed by atoms with Gasteiger partial charge in [-0.2, -0.15) is 11.3 Å². The Morgan fingerprint density at radius 1 is 1.43 bits per heavy atom. The minimum absolute atomic E-state index is 0.0690. The molecule has 0 spiro atoms. The van der Waals surface area contributed by atoms with E-state index in [2.05, 4.69) is 25.9 Å². The lowest BCUT2D eigenvalue weighted by Gasteiger charge is -2.00. The van der Waals surface area contributed by atoms with E-state index in [0.29, 0.717) is 5.56 Å². The maximum Gasteiger partial charge on any atom is 0.220 e. The summed E-state index contributed by atoms with van der Waals surface area (Å²) in [6.07, 6.45) is 1.07. The Bertz CT molecular complexity index is 471. The van der Waals surface area contributed by atoms with E-state index in [0.717, 1.165) is 10.7 Å². The van der Waals surface area contributed by atoms with Crippen LogP contribution in [-0.4, -0.2) is 9.97 Å². The molecule has 3 nitrogen and oxygen atoms in total. The van der Waals surface area contributed by atoms with Crippen LogP contribution in [-0.2, 0) is 0 Å². The molecule has 72 valence electrons. The number of nitrogens with two attached hydrogens (primary N) is 1. The topological polar surface area (TPSA) is 51.8 Å². The van der Waals surface area contributed by atoms with Gasteiger partial charge in [-0.1, -0.05) is 0 Å². The van der Waals surface area contributed by atoms with Gasteiger partial charge in [0.05, 0.1) is 6.20 Å². The molecule has 14 heavy (non-hydrogen) atoms. The van der Waals surface area contributed by atoms with Gasteiger partial charge >= 0.3 is 0 Å². The molecule has 2 aromatic heterocycles. The lowest BCUT2D eigenvalue weighted by atomic mass is 10.2. The first-order valence-electron chi connectivity index (χ1n) is 3.68. The highest BCUT2D eigenvalue weighted by molar-refractivity contribution is 9.10. The maximum absolute atomic E-state index is 13.3. The van der Waals surface area contributed by atoms with Gasteiger partial charge in [0.15, 0.2) is 5.82 Å². The summed E-state index contributed by atoms with van der Waals surface area (Å²) in [7, 11) is 0. The van der Waals surface area contributed by atoms with Gasteiger partial charge < -0.3 is 5.73 Å². The molecule has 0 aliphatic carbocycles. The molecule has 2 aromatic rings. The number of nitrogens with zero attached hydrogens (tertiary/aromatic N) is 2. The van der Waals surface area contributed by atoms with Crippen molar-refractivity contribution in [2.75, 3.05) is 5.73 Å². The fourth-order valence-electron chi connectivity index (χ4n) is 1.02. The molecule has 0 saturated carbocycles. The van der Waals surface area contributed by atoms with Gasteiger partial charge in [0.1, 0.15) is 5.69 Å². The number of rotatable bonds is 1. The van der Waals surface area contributed by atoms with Crippen LogP contribution in [0.5, 0.6) is 0 Å². The Labute approximate surface area is 91.9 Å². The molecule has 0 atom stereocenters. The smallest absolute Gasteiger partial charge is 0.220 e. The van der Waals surface area contributed by atoms with Crippen LogP contribution in [0.4, 0.5) is 10.3 Å². The fourth-order valence-corrected chi connectivity index (χ4v) is 2.49. The highest BCUT2D eigenvalue weighted by atomic mass is 79.9. The first kappa shape index (κ1) is 9.54. The summed E-state index contributed by atoms with van der Waals surface area (Å²) < 4.78 is 14.1. The second kappa shape index (κ2) is 3.62. The summed E-state index contributed by atoms with van der Waals surface area (Å²) in [4.78, 5) is 7.40. The van der Waals surface area contributed by atoms with Crippen LogP contribution >= 0.6 is 27.3 Å². The predicted octanol–water partition coefficient (Wildman–Crippen LogP) is 2.69. The second-order valence-electron chi connectivity index (χ2n) is 2.56. The standard InChI is InChI=1S/C8H5BrFN3S/c9-5-3-14-2-4(5)7-6(10)1-12-8(11)13-7/h1-3H,(H2,11,12,13). The minimum atomic E-state index is -0.474. The van der Waals surface area contributed by atoms with Gasteiger partial charge in [-0.05, 0) is 15.9 Å². The molecule has 0 unspecified atom stereocenters. The van der Waals surface area contributed by atoms with E-state index in [1.54, 1.807) is 5.38 Å². The van der Waals surface area contributed by atoms with E-state index in [1.165, 1.54) is 11.3 Å². The summed E-state index contributed by atoms with van der Waals surface area (Å²) in [5.41, 5.74) is 6.31. The number of anilines is 1. The van der Waals surface area contributed by atoms with Gasteiger partial charge in [0, 0.05) is 20.8 Å². The van der Waals surface area contributed by atoms with Gasteiger partial charge in [0.25, 0.3) is 0 Å². The summed E-state index contributed by atoms with van der Waals surface area (Å²) >= 11 is 4.77. The maximum atomic E-state index is 13.3. The zero-order valence-electron chi connectivity index (χ0n) is 6.87. The normalized spacial score (nSPS) is 10.4. The van der Waals surface area contributed by atoms with E-state index in [9.17, 15) is 4.39 Å². The molecule has 0 aliphatic heterocycles. The first-order valence-corrected chi connectivity index (χ1v) is 5.42. The molecule has 0 radical (unpaired) electrons. The zero-order chi connectivity index (χ0) is 10.1. The number of nitrogen functional groups attached to an aromatic ring is 1. The molecule has 0 aliphatic rings. The molecule has 2 N–H and O–H groups in total. The molecule has 2 heterocycles. The fraction of sp³-hybridized carbons (Fsp3) is 0. The van der Waals surface area contributed by atoms with E-state index < -0.39 is 5.82 Å². The van der Waals surface area contributed by atoms with Crippen LogP contribution in [0.15, 0.2) is 21.4 Å². The Balaban J connectivity index is 2.62. The number of hydrogen-bond donors (Lipinski definition) is 1.